The van der Waals surface area contributed by atoms with Crippen molar-refractivity contribution in [2.45, 2.75) is 34.1 Å². The minimum Gasteiger partial charge on any atom is -0.354 e. The Morgan fingerprint density at radius 1 is 1.04 bits per heavy atom. The second kappa shape index (κ2) is 6.05. The monoisotopic (exact) mass is 370 g/mol. The topological polar surface area (TPSA) is 74.7 Å². The van der Waals surface area contributed by atoms with E-state index in [0.717, 1.165) is 57.2 Å². The number of hydrogen-bond acceptors (Lipinski definition) is 3. The predicted octanol–water partition coefficient (Wildman–Crippen LogP) is 4.76. The second-order valence-electron chi connectivity index (χ2n) is 7.34. The van der Waals surface area contributed by atoms with Crippen molar-refractivity contribution < 1.29 is 0 Å². The average molecular weight is 370 g/mol. The van der Waals surface area contributed by atoms with Gasteiger partial charge < -0.3 is 9.97 Å². The summed E-state index contributed by atoms with van der Waals surface area (Å²) in [6, 6.07) is 8.64. The molecule has 0 saturated heterocycles. The molecule has 0 aliphatic carbocycles. The van der Waals surface area contributed by atoms with E-state index in [1.165, 1.54) is 10.9 Å². The molecule has 4 heterocycles. The number of nitrogens with zero attached hydrogens (tertiary/aromatic N) is 4. The molecule has 0 atom stereocenters. The van der Waals surface area contributed by atoms with Crippen LogP contribution in [0, 0.1) is 20.8 Å². The number of pyridine rings is 1. The summed E-state index contributed by atoms with van der Waals surface area (Å²) < 4.78 is 1.83. The Labute approximate surface area is 162 Å². The van der Waals surface area contributed by atoms with Gasteiger partial charge in [0.1, 0.15) is 12.2 Å². The molecule has 0 unspecified atom stereocenters. The van der Waals surface area contributed by atoms with Crippen LogP contribution in [0.15, 0.2) is 36.8 Å². The molecule has 0 bridgehead atoms. The summed E-state index contributed by atoms with van der Waals surface area (Å²) in [5.41, 5.74) is 9.88. The van der Waals surface area contributed by atoms with Crippen LogP contribution in [-0.4, -0.2) is 29.5 Å². The van der Waals surface area contributed by atoms with Crippen LogP contribution in [0.2, 0.25) is 0 Å². The minimum atomic E-state index is 0.889. The van der Waals surface area contributed by atoms with Crippen molar-refractivity contribution in [1.29, 1.82) is 0 Å². The highest BCUT2D eigenvalue weighted by Gasteiger charge is 2.14. The van der Waals surface area contributed by atoms with Crippen molar-refractivity contribution in [3.63, 3.8) is 0 Å². The highest BCUT2D eigenvalue weighted by atomic mass is 15.3. The second-order valence-corrected chi connectivity index (χ2v) is 7.34. The van der Waals surface area contributed by atoms with Gasteiger partial charge in [-0.2, -0.15) is 5.10 Å². The smallest absolute Gasteiger partial charge is 0.158 e. The molecule has 4 aromatic heterocycles. The molecule has 5 rings (SSSR count). The van der Waals surface area contributed by atoms with Crippen molar-refractivity contribution >= 4 is 16.6 Å². The largest absolute Gasteiger partial charge is 0.354 e. The van der Waals surface area contributed by atoms with E-state index in [1.54, 1.807) is 6.33 Å². The van der Waals surface area contributed by atoms with Crippen LogP contribution < -0.4 is 0 Å². The summed E-state index contributed by atoms with van der Waals surface area (Å²) in [4.78, 5) is 16.1. The van der Waals surface area contributed by atoms with E-state index in [1.807, 2.05) is 10.7 Å². The van der Waals surface area contributed by atoms with E-state index in [4.69, 9.17) is 4.98 Å². The Hall–Kier alpha value is -3.41. The number of aryl methyl sites for hydroxylation is 4. The van der Waals surface area contributed by atoms with Gasteiger partial charge in [-0.3, -0.25) is 0 Å². The van der Waals surface area contributed by atoms with E-state index in [2.05, 4.69) is 72.0 Å². The fourth-order valence-corrected chi connectivity index (χ4v) is 3.98. The number of hydrogen-bond donors (Lipinski definition) is 2. The molecule has 6 heteroatoms. The number of rotatable bonds is 3. The molecular weight excluding hydrogens is 348 g/mol. The van der Waals surface area contributed by atoms with Crippen LogP contribution >= 0.6 is 0 Å². The normalized spacial score (nSPS) is 11.7. The van der Waals surface area contributed by atoms with Crippen LogP contribution in [-0.2, 0) is 6.42 Å². The van der Waals surface area contributed by atoms with Gasteiger partial charge in [0, 0.05) is 33.9 Å². The van der Waals surface area contributed by atoms with Gasteiger partial charge in [-0.25, -0.2) is 14.5 Å². The summed E-state index contributed by atoms with van der Waals surface area (Å²) >= 11 is 0. The van der Waals surface area contributed by atoms with Crippen molar-refractivity contribution in [3.8, 4) is 22.6 Å². The third-order valence-corrected chi connectivity index (χ3v) is 5.50. The highest BCUT2D eigenvalue weighted by molar-refractivity contribution is 5.92. The molecule has 0 aliphatic rings. The summed E-state index contributed by atoms with van der Waals surface area (Å²) in [7, 11) is 0. The number of nitrogens with one attached hydrogen (secondary N) is 2. The SMILES string of the molecule is CCc1nc(-c2ccc3c(C)c(-c4cc(C)c5ncnn5c4)[nH]c3c2)[nH]c1C. The number of aromatic amines is 2. The number of aromatic nitrogens is 6. The summed E-state index contributed by atoms with van der Waals surface area (Å²) in [5.74, 6) is 0.921. The quantitative estimate of drug-likeness (QED) is 0.481. The van der Waals surface area contributed by atoms with Gasteiger partial charge in [0.15, 0.2) is 5.65 Å². The van der Waals surface area contributed by atoms with Crippen molar-refractivity contribution in [1.82, 2.24) is 29.5 Å². The minimum absolute atomic E-state index is 0.889. The fourth-order valence-electron chi connectivity index (χ4n) is 3.98. The van der Waals surface area contributed by atoms with E-state index in [-0.39, 0.29) is 0 Å². The molecule has 0 amide bonds. The molecule has 0 saturated carbocycles. The summed E-state index contributed by atoms with van der Waals surface area (Å²) in [5, 5.41) is 5.52. The maximum Gasteiger partial charge on any atom is 0.158 e. The van der Waals surface area contributed by atoms with Gasteiger partial charge in [0.2, 0.25) is 0 Å². The van der Waals surface area contributed by atoms with Crippen LogP contribution in [0.4, 0.5) is 0 Å². The Balaban J connectivity index is 1.65. The third-order valence-electron chi connectivity index (χ3n) is 5.50. The fraction of sp³-hybridized carbons (Fsp3) is 0.227. The van der Waals surface area contributed by atoms with Gasteiger partial charge >= 0.3 is 0 Å². The third kappa shape index (κ3) is 2.45. The van der Waals surface area contributed by atoms with Gasteiger partial charge in [-0.15, -0.1) is 0 Å². The molecule has 0 aliphatic heterocycles. The maximum atomic E-state index is 4.74. The molecular formula is C22H22N6. The van der Waals surface area contributed by atoms with E-state index < -0.39 is 0 Å². The molecule has 0 radical (unpaired) electrons. The van der Waals surface area contributed by atoms with Gasteiger partial charge in [-0.05, 0) is 50.5 Å². The number of H-pyrrole nitrogens is 2. The van der Waals surface area contributed by atoms with Gasteiger partial charge in [0.05, 0.1) is 11.4 Å². The molecule has 0 spiro atoms. The van der Waals surface area contributed by atoms with Crippen LogP contribution in [0.3, 0.4) is 0 Å². The van der Waals surface area contributed by atoms with Crippen LogP contribution in [0.5, 0.6) is 0 Å². The van der Waals surface area contributed by atoms with Crippen molar-refractivity contribution in [2.24, 2.45) is 0 Å². The summed E-state index contributed by atoms with van der Waals surface area (Å²) in [6.45, 7) is 8.42. The first-order valence-electron chi connectivity index (χ1n) is 9.53. The summed E-state index contributed by atoms with van der Waals surface area (Å²) in [6.07, 6.45) is 4.55. The first-order valence-corrected chi connectivity index (χ1v) is 9.53. The first-order chi connectivity index (χ1) is 13.5. The lowest BCUT2D eigenvalue weighted by molar-refractivity contribution is 0.956. The Kier molecular flexibility index (Phi) is 3.62. The molecule has 5 aromatic rings. The zero-order valence-corrected chi connectivity index (χ0v) is 16.5. The highest BCUT2D eigenvalue weighted by Crippen LogP contribution is 2.32. The average Bonchev–Trinajstić information content (AvgIpc) is 3.39. The van der Waals surface area contributed by atoms with E-state index >= 15 is 0 Å². The zero-order chi connectivity index (χ0) is 19.4. The van der Waals surface area contributed by atoms with Crippen molar-refractivity contribution in [2.75, 3.05) is 0 Å². The first kappa shape index (κ1) is 16.7. The Bertz CT molecular complexity index is 1330. The molecule has 28 heavy (non-hydrogen) atoms. The standard InChI is InChI=1S/C22H22N6/c1-5-18-14(4)25-21(27-18)15-6-7-17-13(3)20(26-19(17)9-15)16-8-12(2)22-23-11-24-28(22)10-16/h6-11,26H,5H2,1-4H3,(H,25,27). The number of imidazole rings is 1. The lowest BCUT2D eigenvalue weighted by Crippen LogP contribution is -1.93. The molecule has 140 valence electrons. The number of benzene rings is 1. The molecule has 2 N–H and O–H groups in total. The van der Waals surface area contributed by atoms with E-state index in [9.17, 15) is 0 Å². The predicted molar refractivity (Wildman–Crippen MR) is 111 cm³/mol. The lowest BCUT2D eigenvalue weighted by Gasteiger charge is -2.04. The maximum absolute atomic E-state index is 4.74. The zero-order valence-electron chi connectivity index (χ0n) is 16.5. The number of fused-ring (bicyclic) bond motifs is 2. The van der Waals surface area contributed by atoms with Crippen LogP contribution in [0.1, 0.15) is 29.4 Å². The molecule has 0 fully saturated rings. The Morgan fingerprint density at radius 3 is 2.68 bits per heavy atom. The molecule has 6 nitrogen and oxygen atoms in total. The van der Waals surface area contributed by atoms with E-state index in [0.29, 0.717) is 0 Å². The Morgan fingerprint density at radius 2 is 1.89 bits per heavy atom. The van der Waals surface area contributed by atoms with Crippen molar-refractivity contribution in [3.05, 3.63) is 59.3 Å². The van der Waals surface area contributed by atoms with Gasteiger partial charge in [-0.1, -0.05) is 19.1 Å². The lowest BCUT2D eigenvalue weighted by atomic mass is 10.1. The van der Waals surface area contributed by atoms with Gasteiger partial charge in [0.25, 0.3) is 0 Å². The molecule has 1 aromatic carbocycles. The van der Waals surface area contributed by atoms with Crippen LogP contribution in [0.25, 0.3) is 39.2 Å².